The van der Waals surface area contributed by atoms with E-state index in [0.717, 1.165) is 10.5 Å². The maximum absolute atomic E-state index is 13.2. The van der Waals surface area contributed by atoms with Gasteiger partial charge in [-0.1, -0.05) is 70.7 Å². The number of rotatable bonds is 5. The molecule has 4 rings (SSSR count). The molecule has 10 heteroatoms. The van der Waals surface area contributed by atoms with Crippen LogP contribution in [0.25, 0.3) is 6.08 Å². The van der Waals surface area contributed by atoms with E-state index in [-0.39, 0.29) is 44.2 Å². The van der Waals surface area contributed by atoms with E-state index in [1.165, 1.54) is 30.3 Å². The average Bonchev–Trinajstić information content (AvgIpc) is 2.78. The number of barbiturate groups is 1. The Morgan fingerprint density at radius 3 is 2.26 bits per heavy atom. The van der Waals surface area contributed by atoms with Gasteiger partial charge in [0, 0.05) is 15.6 Å². The Balaban J connectivity index is 1.72. The van der Waals surface area contributed by atoms with E-state index in [1.807, 2.05) is 0 Å². The summed E-state index contributed by atoms with van der Waals surface area (Å²) in [6.07, 6.45) is 1.27. The van der Waals surface area contributed by atoms with Gasteiger partial charge in [-0.15, -0.1) is 0 Å². The minimum Gasteiger partial charge on any atom is -0.487 e. The van der Waals surface area contributed by atoms with Crippen molar-refractivity contribution in [3.05, 3.63) is 97.5 Å². The number of hydrogen-bond acceptors (Lipinski definition) is 4. The molecule has 0 spiro atoms. The highest BCUT2D eigenvalue weighted by atomic mass is 35.5. The number of para-hydroxylation sites is 1. The van der Waals surface area contributed by atoms with Crippen LogP contribution in [0.1, 0.15) is 11.1 Å². The molecule has 1 heterocycles. The standard InChI is InChI=1S/C24H14Cl4N2O4/c25-15-7-5-13(6-8-15)12-34-21-14(9-16(26)11-19(21)28)10-17-22(31)29-24(33)30(23(17)32)20-4-2-1-3-18(20)27/h1-11H,12H2,(H,29,31,33)/b17-10+. The molecule has 0 unspecified atom stereocenters. The van der Waals surface area contributed by atoms with Gasteiger partial charge >= 0.3 is 6.03 Å². The summed E-state index contributed by atoms with van der Waals surface area (Å²) in [4.78, 5) is 39.0. The van der Waals surface area contributed by atoms with Crippen molar-refractivity contribution >= 4 is 76.0 Å². The van der Waals surface area contributed by atoms with E-state index >= 15 is 0 Å². The topological polar surface area (TPSA) is 75.7 Å². The molecule has 1 fully saturated rings. The fraction of sp³-hybridized carbons (Fsp3) is 0.0417. The lowest BCUT2D eigenvalue weighted by molar-refractivity contribution is -0.122. The van der Waals surface area contributed by atoms with Crippen LogP contribution >= 0.6 is 46.4 Å². The van der Waals surface area contributed by atoms with Crippen molar-refractivity contribution in [3.8, 4) is 5.75 Å². The summed E-state index contributed by atoms with van der Waals surface area (Å²) >= 11 is 24.6. The number of ether oxygens (including phenoxy) is 1. The molecule has 0 radical (unpaired) electrons. The van der Waals surface area contributed by atoms with Crippen LogP contribution in [0.4, 0.5) is 10.5 Å². The Morgan fingerprint density at radius 2 is 1.56 bits per heavy atom. The second-order valence-electron chi connectivity index (χ2n) is 7.13. The summed E-state index contributed by atoms with van der Waals surface area (Å²) in [5.74, 6) is -1.53. The molecule has 1 aliphatic heterocycles. The van der Waals surface area contributed by atoms with Gasteiger partial charge in [0.15, 0.2) is 0 Å². The molecule has 3 aromatic carbocycles. The molecule has 3 aromatic rings. The molecule has 0 bridgehead atoms. The maximum Gasteiger partial charge on any atom is 0.335 e. The molecule has 0 saturated carbocycles. The van der Waals surface area contributed by atoms with Crippen molar-refractivity contribution in [2.24, 2.45) is 0 Å². The molecule has 1 aliphatic rings. The number of hydrogen-bond donors (Lipinski definition) is 1. The minimum atomic E-state index is -0.913. The van der Waals surface area contributed by atoms with E-state index in [1.54, 1.807) is 36.4 Å². The summed E-state index contributed by atoms with van der Waals surface area (Å²) in [7, 11) is 0. The smallest absolute Gasteiger partial charge is 0.335 e. The highest BCUT2D eigenvalue weighted by Gasteiger charge is 2.37. The van der Waals surface area contributed by atoms with Crippen LogP contribution in [0.2, 0.25) is 20.1 Å². The number of benzene rings is 3. The molecule has 0 aliphatic carbocycles. The number of nitrogens with zero attached hydrogens (tertiary/aromatic N) is 1. The van der Waals surface area contributed by atoms with E-state index in [9.17, 15) is 14.4 Å². The van der Waals surface area contributed by atoms with Gasteiger partial charge in [-0.2, -0.15) is 0 Å². The van der Waals surface area contributed by atoms with Gasteiger partial charge in [-0.05, 0) is 48.0 Å². The lowest BCUT2D eigenvalue weighted by Gasteiger charge is -2.27. The number of halogens is 4. The first-order valence-electron chi connectivity index (χ1n) is 9.77. The third kappa shape index (κ3) is 5.05. The zero-order chi connectivity index (χ0) is 24.4. The highest BCUT2D eigenvalue weighted by molar-refractivity contribution is 6.42. The van der Waals surface area contributed by atoms with E-state index < -0.39 is 17.8 Å². The van der Waals surface area contributed by atoms with Gasteiger partial charge in [-0.25, -0.2) is 9.69 Å². The monoisotopic (exact) mass is 534 g/mol. The van der Waals surface area contributed by atoms with Crippen molar-refractivity contribution < 1.29 is 19.1 Å². The Kier molecular flexibility index (Phi) is 7.14. The second-order valence-corrected chi connectivity index (χ2v) is 8.82. The Bertz CT molecular complexity index is 1340. The lowest BCUT2D eigenvalue weighted by Crippen LogP contribution is -2.54. The predicted molar refractivity (Wildman–Crippen MR) is 133 cm³/mol. The molecule has 4 amide bonds. The first kappa shape index (κ1) is 24.1. The molecule has 1 saturated heterocycles. The number of urea groups is 1. The van der Waals surface area contributed by atoms with Gasteiger partial charge in [0.1, 0.15) is 17.9 Å². The summed E-state index contributed by atoms with van der Waals surface area (Å²) in [6.45, 7) is 0.138. The Hall–Kier alpha value is -3.03. The normalized spacial score (nSPS) is 15.0. The SMILES string of the molecule is O=C1NC(=O)N(c2ccccc2Cl)C(=O)/C1=C/c1cc(Cl)cc(Cl)c1OCc1ccc(Cl)cc1. The number of imide groups is 2. The van der Waals surface area contributed by atoms with Gasteiger partial charge in [0.2, 0.25) is 0 Å². The minimum absolute atomic E-state index is 0.133. The molecule has 1 N–H and O–H groups in total. The predicted octanol–water partition coefficient (Wildman–Crippen LogP) is 6.55. The summed E-state index contributed by atoms with van der Waals surface area (Å²) < 4.78 is 5.89. The third-order valence-corrected chi connectivity index (χ3v) is 5.90. The van der Waals surface area contributed by atoms with Gasteiger partial charge in [0.05, 0.1) is 15.7 Å². The van der Waals surface area contributed by atoms with Crippen molar-refractivity contribution in [2.75, 3.05) is 4.90 Å². The third-order valence-electron chi connectivity index (χ3n) is 4.83. The lowest BCUT2D eigenvalue weighted by atomic mass is 10.1. The van der Waals surface area contributed by atoms with Gasteiger partial charge in [-0.3, -0.25) is 14.9 Å². The van der Waals surface area contributed by atoms with Crippen LogP contribution in [-0.2, 0) is 16.2 Å². The molecular weight excluding hydrogens is 522 g/mol. The summed E-state index contributed by atoms with van der Waals surface area (Å²) in [6, 6.07) is 15.4. The van der Waals surface area contributed by atoms with E-state index in [4.69, 9.17) is 51.1 Å². The van der Waals surface area contributed by atoms with Crippen molar-refractivity contribution in [3.63, 3.8) is 0 Å². The second kappa shape index (κ2) is 10.1. The Labute approximate surface area is 214 Å². The number of amides is 4. The maximum atomic E-state index is 13.2. The van der Waals surface area contributed by atoms with Gasteiger partial charge < -0.3 is 4.74 Å². The fourth-order valence-electron chi connectivity index (χ4n) is 3.24. The van der Waals surface area contributed by atoms with Crippen molar-refractivity contribution in [2.45, 2.75) is 6.61 Å². The first-order chi connectivity index (χ1) is 16.2. The number of carbonyl (C=O) groups is 3. The van der Waals surface area contributed by atoms with Crippen molar-refractivity contribution in [1.82, 2.24) is 5.32 Å². The van der Waals surface area contributed by atoms with E-state index in [0.29, 0.717) is 5.02 Å². The summed E-state index contributed by atoms with van der Waals surface area (Å²) in [5, 5.41) is 3.33. The molecule has 0 aromatic heterocycles. The Morgan fingerprint density at radius 1 is 0.853 bits per heavy atom. The van der Waals surface area contributed by atoms with Crippen molar-refractivity contribution in [1.29, 1.82) is 0 Å². The molecule has 172 valence electrons. The molecule has 0 atom stereocenters. The largest absolute Gasteiger partial charge is 0.487 e. The number of anilines is 1. The number of nitrogens with one attached hydrogen (secondary N) is 1. The molecule has 6 nitrogen and oxygen atoms in total. The van der Waals surface area contributed by atoms with Crippen LogP contribution in [0.5, 0.6) is 5.75 Å². The average molecular weight is 536 g/mol. The zero-order valence-corrected chi connectivity index (χ0v) is 20.2. The summed E-state index contributed by atoms with van der Waals surface area (Å²) in [5.41, 5.74) is 0.900. The van der Waals surface area contributed by atoms with Crippen LogP contribution in [0, 0.1) is 0 Å². The quantitative estimate of drug-likeness (QED) is 0.297. The number of carbonyl (C=O) groups excluding carboxylic acids is 3. The fourth-order valence-corrected chi connectivity index (χ4v) is 4.15. The van der Waals surface area contributed by atoms with Crippen LogP contribution in [0.15, 0.2) is 66.2 Å². The van der Waals surface area contributed by atoms with Crippen LogP contribution in [-0.4, -0.2) is 17.8 Å². The zero-order valence-electron chi connectivity index (χ0n) is 17.2. The molecular formula is C24H14Cl4N2O4. The van der Waals surface area contributed by atoms with E-state index in [2.05, 4.69) is 5.32 Å². The van der Waals surface area contributed by atoms with Gasteiger partial charge in [0.25, 0.3) is 11.8 Å². The molecule has 34 heavy (non-hydrogen) atoms. The van der Waals surface area contributed by atoms with Crippen LogP contribution in [0.3, 0.4) is 0 Å². The van der Waals surface area contributed by atoms with Crippen LogP contribution < -0.4 is 15.0 Å². The first-order valence-corrected chi connectivity index (χ1v) is 11.3. The highest BCUT2D eigenvalue weighted by Crippen LogP contribution is 2.36.